The van der Waals surface area contributed by atoms with Crippen molar-refractivity contribution in [2.45, 2.75) is 51.9 Å². The summed E-state index contributed by atoms with van der Waals surface area (Å²) in [5.41, 5.74) is 5.73. The van der Waals surface area contributed by atoms with Crippen molar-refractivity contribution < 1.29 is 9.53 Å². The standard InChI is InChI=1S/C13H24N2O2/c1-8-9(2)17-10(3)12(8)13(16)15-6-4-5-11(15)7-14/h8-12H,4-7,14H2,1-3H3. The largest absolute Gasteiger partial charge is 0.374 e. The third-order valence-corrected chi connectivity index (χ3v) is 4.46. The summed E-state index contributed by atoms with van der Waals surface area (Å²) in [5.74, 6) is 0.566. The minimum Gasteiger partial charge on any atom is -0.374 e. The topological polar surface area (TPSA) is 55.6 Å². The van der Waals surface area contributed by atoms with Crippen molar-refractivity contribution in [1.29, 1.82) is 0 Å². The third-order valence-electron chi connectivity index (χ3n) is 4.46. The zero-order chi connectivity index (χ0) is 12.6. The smallest absolute Gasteiger partial charge is 0.228 e. The van der Waals surface area contributed by atoms with Crippen LogP contribution < -0.4 is 5.73 Å². The molecule has 5 unspecified atom stereocenters. The minimum absolute atomic E-state index is 0.0112. The van der Waals surface area contributed by atoms with Gasteiger partial charge in [-0.05, 0) is 32.6 Å². The van der Waals surface area contributed by atoms with E-state index < -0.39 is 0 Å². The molecule has 0 aliphatic carbocycles. The lowest BCUT2D eigenvalue weighted by Crippen LogP contribution is -2.46. The van der Waals surface area contributed by atoms with Crippen molar-refractivity contribution in [2.75, 3.05) is 13.1 Å². The maximum Gasteiger partial charge on any atom is 0.228 e. The van der Waals surface area contributed by atoms with Crippen LogP contribution in [0.4, 0.5) is 0 Å². The Hall–Kier alpha value is -0.610. The van der Waals surface area contributed by atoms with Crippen LogP contribution >= 0.6 is 0 Å². The summed E-state index contributed by atoms with van der Waals surface area (Å²) in [4.78, 5) is 14.6. The van der Waals surface area contributed by atoms with Crippen LogP contribution in [0.5, 0.6) is 0 Å². The highest BCUT2D eigenvalue weighted by atomic mass is 16.5. The summed E-state index contributed by atoms with van der Waals surface area (Å²) < 4.78 is 5.76. The Balaban J connectivity index is 2.09. The lowest BCUT2D eigenvalue weighted by Gasteiger charge is -2.29. The van der Waals surface area contributed by atoms with Gasteiger partial charge in [-0.25, -0.2) is 0 Å². The van der Waals surface area contributed by atoms with E-state index in [9.17, 15) is 4.79 Å². The van der Waals surface area contributed by atoms with Gasteiger partial charge >= 0.3 is 0 Å². The van der Waals surface area contributed by atoms with Crippen LogP contribution in [-0.4, -0.2) is 42.1 Å². The molecule has 0 aromatic heterocycles. The van der Waals surface area contributed by atoms with Crippen LogP contribution in [0, 0.1) is 11.8 Å². The molecule has 5 atom stereocenters. The molecule has 0 aromatic rings. The molecule has 2 heterocycles. The second-order valence-electron chi connectivity index (χ2n) is 5.49. The molecule has 1 amide bonds. The zero-order valence-corrected chi connectivity index (χ0v) is 11.1. The summed E-state index contributed by atoms with van der Waals surface area (Å²) in [6.45, 7) is 7.63. The first kappa shape index (κ1) is 12.8. The predicted octanol–water partition coefficient (Wildman–Crippen LogP) is 0.996. The highest BCUT2D eigenvalue weighted by molar-refractivity contribution is 5.80. The summed E-state index contributed by atoms with van der Waals surface area (Å²) in [6.07, 6.45) is 2.34. The van der Waals surface area contributed by atoms with Gasteiger partial charge in [0.2, 0.25) is 5.91 Å². The first-order valence-corrected chi connectivity index (χ1v) is 6.72. The third kappa shape index (κ3) is 2.20. The van der Waals surface area contributed by atoms with Gasteiger partial charge in [-0.2, -0.15) is 0 Å². The number of nitrogens with two attached hydrogens (primary N) is 1. The van der Waals surface area contributed by atoms with E-state index in [1.165, 1.54) is 0 Å². The van der Waals surface area contributed by atoms with Crippen LogP contribution in [0.1, 0.15) is 33.6 Å². The Kier molecular flexibility index (Phi) is 3.73. The lowest BCUT2D eigenvalue weighted by atomic mass is 9.88. The van der Waals surface area contributed by atoms with Gasteiger partial charge < -0.3 is 15.4 Å². The van der Waals surface area contributed by atoms with E-state index in [1.807, 2.05) is 11.8 Å². The van der Waals surface area contributed by atoms with Crippen LogP contribution in [0.2, 0.25) is 0 Å². The van der Waals surface area contributed by atoms with Crippen molar-refractivity contribution in [1.82, 2.24) is 4.90 Å². The van der Waals surface area contributed by atoms with Gasteiger partial charge in [0.1, 0.15) is 0 Å². The Morgan fingerprint density at radius 1 is 1.35 bits per heavy atom. The highest BCUT2D eigenvalue weighted by Crippen LogP contribution is 2.35. The number of rotatable bonds is 2. The number of hydrogen-bond acceptors (Lipinski definition) is 3. The maximum atomic E-state index is 12.6. The first-order chi connectivity index (χ1) is 8.06. The number of hydrogen-bond donors (Lipinski definition) is 1. The Morgan fingerprint density at radius 3 is 2.59 bits per heavy atom. The van der Waals surface area contributed by atoms with Crippen LogP contribution in [0.3, 0.4) is 0 Å². The van der Waals surface area contributed by atoms with Crippen molar-refractivity contribution in [3.05, 3.63) is 0 Å². The summed E-state index contributed by atoms with van der Waals surface area (Å²) in [7, 11) is 0. The van der Waals surface area contributed by atoms with Gasteiger partial charge in [0.25, 0.3) is 0 Å². The second kappa shape index (κ2) is 4.94. The molecular weight excluding hydrogens is 216 g/mol. The van der Waals surface area contributed by atoms with Gasteiger partial charge in [0, 0.05) is 19.1 Å². The van der Waals surface area contributed by atoms with E-state index in [2.05, 4.69) is 13.8 Å². The highest BCUT2D eigenvalue weighted by Gasteiger charge is 2.44. The molecule has 4 nitrogen and oxygen atoms in total. The molecule has 2 fully saturated rings. The van der Waals surface area contributed by atoms with Gasteiger partial charge in [-0.1, -0.05) is 6.92 Å². The number of nitrogens with zero attached hydrogens (tertiary/aromatic N) is 1. The van der Waals surface area contributed by atoms with Crippen molar-refractivity contribution in [3.8, 4) is 0 Å². The predicted molar refractivity (Wildman–Crippen MR) is 66.5 cm³/mol. The van der Waals surface area contributed by atoms with Gasteiger partial charge in [0.05, 0.1) is 18.1 Å². The normalized spacial score (nSPS) is 42.1. The SMILES string of the molecule is CC1OC(C)C(C(=O)N2CCCC2CN)C1C. The second-order valence-corrected chi connectivity index (χ2v) is 5.49. The molecule has 0 bridgehead atoms. The number of likely N-dealkylation sites (tertiary alicyclic amines) is 1. The zero-order valence-electron chi connectivity index (χ0n) is 11.1. The molecule has 0 saturated carbocycles. The Morgan fingerprint density at radius 2 is 2.06 bits per heavy atom. The number of carbonyl (C=O) groups excluding carboxylic acids is 1. The molecule has 0 spiro atoms. The average molecular weight is 240 g/mol. The van der Waals surface area contributed by atoms with E-state index >= 15 is 0 Å². The molecule has 2 rings (SSSR count). The molecular formula is C13H24N2O2. The fourth-order valence-corrected chi connectivity index (χ4v) is 3.25. The Bertz CT molecular complexity index is 295. The summed E-state index contributed by atoms with van der Waals surface area (Å²) >= 11 is 0. The molecule has 17 heavy (non-hydrogen) atoms. The van der Waals surface area contributed by atoms with Gasteiger partial charge in [-0.3, -0.25) is 4.79 Å². The molecule has 2 N–H and O–H groups in total. The summed E-state index contributed by atoms with van der Waals surface area (Å²) in [5, 5.41) is 0. The average Bonchev–Trinajstić information content (AvgIpc) is 2.84. The van der Waals surface area contributed by atoms with Crippen molar-refractivity contribution >= 4 is 5.91 Å². The molecule has 0 aromatic carbocycles. The van der Waals surface area contributed by atoms with Gasteiger partial charge in [-0.15, -0.1) is 0 Å². The number of ether oxygens (including phenoxy) is 1. The van der Waals surface area contributed by atoms with E-state index in [0.717, 1.165) is 19.4 Å². The number of carbonyl (C=O) groups is 1. The quantitative estimate of drug-likeness (QED) is 0.783. The lowest BCUT2D eigenvalue weighted by molar-refractivity contribution is -0.138. The molecule has 2 saturated heterocycles. The fraction of sp³-hybridized carbons (Fsp3) is 0.923. The Labute approximate surface area is 103 Å². The first-order valence-electron chi connectivity index (χ1n) is 6.72. The molecule has 0 radical (unpaired) electrons. The molecule has 2 aliphatic rings. The maximum absolute atomic E-state index is 12.6. The van der Waals surface area contributed by atoms with Crippen molar-refractivity contribution in [2.24, 2.45) is 17.6 Å². The van der Waals surface area contributed by atoms with Crippen LogP contribution in [-0.2, 0) is 9.53 Å². The van der Waals surface area contributed by atoms with E-state index in [1.54, 1.807) is 0 Å². The van der Waals surface area contributed by atoms with E-state index in [0.29, 0.717) is 12.5 Å². The van der Waals surface area contributed by atoms with Crippen LogP contribution in [0.15, 0.2) is 0 Å². The molecule has 98 valence electrons. The number of amides is 1. The van der Waals surface area contributed by atoms with E-state index in [4.69, 9.17) is 10.5 Å². The fourth-order valence-electron chi connectivity index (χ4n) is 3.25. The minimum atomic E-state index is 0.0112. The van der Waals surface area contributed by atoms with Crippen molar-refractivity contribution in [3.63, 3.8) is 0 Å². The van der Waals surface area contributed by atoms with Gasteiger partial charge in [0.15, 0.2) is 0 Å². The monoisotopic (exact) mass is 240 g/mol. The van der Waals surface area contributed by atoms with Crippen LogP contribution in [0.25, 0.3) is 0 Å². The van der Waals surface area contributed by atoms with E-state index in [-0.39, 0.29) is 30.1 Å². The summed E-state index contributed by atoms with van der Waals surface area (Å²) in [6, 6.07) is 0.248. The molecule has 2 aliphatic heterocycles. The molecule has 4 heteroatoms.